The van der Waals surface area contributed by atoms with Gasteiger partial charge in [-0.3, -0.25) is 9.69 Å². The summed E-state index contributed by atoms with van der Waals surface area (Å²) in [5, 5.41) is 8.23. The van der Waals surface area contributed by atoms with Crippen LogP contribution in [0.5, 0.6) is 11.6 Å². The van der Waals surface area contributed by atoms with Gasteiger partial charge >= 0.3 is 0 Å². The number of methoxy groups -OCH3 is 1. The van der Waals surface area contributed by atoms with Gasteiger partial charge in [-0.15, -0.1) is 10.2 Å². The van der Waals surface area contributed by atoms with Crippen LogP contribution in [0.15, 0.2) is 24.5 Å². The second-order valence-corrected chi connectivity index (χ2v) is 13.0. The largest absolute Gasteiger partial charge is 0.434 e. The molecule has 2 aromatic rings. The number of amides is 1. The lowest BCUT2D eigenvalue weighted by Crippen LogP contribution is -2.62. The van der Waals surface area contributed by atoms with E-state index in [1.807, 2.05) is 20.8 Å². The highest BCUT2D eigenvalue weighted by molar-refractivity contribution is 5.97. The molecule has 10 nitrogen and oxygen atoms in total. The highest BCUT2D eigenvalue weighted by Crippen LogP contribution is 2.44. The quantitative estimate of drug-likeness (QED) is 0.261. The number of benzene rings is 1. The minimum atomic E-state index is -0.498. The van der Waals surface area contributed by atoms with Crippen LogP contribution in [0.3, 0.4) is 0 Å². The van der Waals surface area contributed by atoms with Crippen LogP contribution in [-0.2, 0) is 4.74 Å². The normalized spacial score (nSPS) is 17.1. The molecule has 11 heteroatoms. The van der Waals surface area contributed by atoms with Crippen LogP contribution in [0.25, 0.3) is 0 Å². The Morgan fingerprint density at radius 3 is 2.55 bits per heavy atom. The fourth-order valence-electron chi connectivity index (χ4n) is 6.84. The first-order valence-corrected chi connectivity index (χ1v) is 16.3. The van der Waals surface area contributed by atoms with Crippen LogP contribution in [-0.4, -0.2) is 114 Å². The zero-order valence-corrected chi connectivity index (χ0v) is 27.8. The van der Waals surface area contributed by atoms with Crippen molar-refractivity contribution in [1.29, 1.82) is 0 Å². The average Bonchev–Trinajstić information content (AvgIpc) is 3.43. The minimum Gasteiger partial charge on any atom is -0.434 e. The van der Waals surface area contributed by atoms with Crippen molar-refractivity contribution in [3.8, 4) is 11.6 Å². The number of aromatic nitrogens is 3. The van der Waals surface area contributed by atoms with E-state index in [9.17, 15) is 9.18 Å². The third kappa shape index (κ3) is 8.03. The molecule has 1 aromatic heterocycles. The van der Waals surface area contributed by atoms with Crippen LogP contribution in [0, 0.1) is 17.2 Å². The van der Waals surface area contributed by atoms with E-state index in [0.29, 0.717) is 24.3 Å². The fraction of sp³-hybridized carbons (Fsp3) is 0.697. The van der Waals surface area contributed by atoms with E-state index in [1.165, 1.54) is 37.4 Å². The van der Waals surface area contributed by atoms with Gasteiger partial charge in [-0.2, -0.15) is 0 Å². The lowest BCUT2D eigenvalue weighted by molar-refractivity contribution is -0.0346. The summed E-state index contributed by atoms with van der Waals surface area (Å²) in [6, 6.07) is 4.53. The van der Waals surface area contributed by atoms with E-state index in [2.05, 4.69) is 50.7 Å². The Kier molecular flexibility index (Phi) is 11.9. The fourth-order valence-corrected chi connectivity index (χ4v) is 6.84. The molecule has 2 aliphatic heterocycles. The van der Waals surface area contributed by atoms with Gasteiger partial charge in [-0.25, -0.2) is 9.37 Å². The molecule has 3 heterocycles. The molecule has 0 bridgehead atoms. The summed E-state index contributed by atoms with van der Waals surface area (Å²) in [6.45, 7) is 20.9. The van der Waals surface area contributed by atoms with Gasteiger partial charge in [0, 0.05) is 63.9 Å². The van der Waals surface area contributed by atoms with E-state index in [-0.39, 0.29) is 34.6 Å². The highest BCUT2D eigenvalue weighted by atomic mass is 19.1. The molecule has 4 rings (SSSR count). The standard InChI is InChI=1S/C33H52FN7O3/c1-8-38(17-18-43-7)15-10-11-28(24(3)4)40-21-33(22-40)14-16-39(20-33)30-31(37-36-23-35-30)44-29-13-12-26(34)19-27(29)32(42)41(9-2)25(5)6/h12-13,19,23-25,28H,8-11,14-18,20-22H2,1-7H3/t28-/m1/s1. The summed E-state index contributed by atoms with van der Waals surface area (Å²) in [5.74, 6) is 0.876. The predicted octanol–water partition coefficient (Wildman–Crippen LogP) is 4.96. The molecule has 0 unspecified atom stereocenters. The van der Waals surface area contributed by atoms with Crippen LogP contribution >= 0.6 is 0 Å². The maximum atomic E-state index is 14.3. The molecule has 44 heavy (non-hydrogen) atoms. The van der Waals surface area contributed by atoms with E-state index in [1.54, 1.807) is 12.0 Å². The third-order valence-electron chi connectivity index (χ3n) is 9.26. The molecule has 1 amide bonds. The van der Waals surface area contributed by atoms with Crippen molar-refractivity contribution in [3.05, 3.63) is 35.9 Å². The third-order valence-corrected chi connectivity index (χ3v) is 9.26. The Hall–Kier alpha value is -2.89. The molecule has 244 valence electrons. The van der Waals surface area contributed by atoms with Gasteiger partial charge in [0.1, 0.15) is 17.9 Å². The first kappa shape index (κ1) is 34.0. The lowest BCUT2D eigenvalue weighted by atomic mass is 9.76. The van der Waals surface area contributed by atoms with Gasteiger partial charge in [0.2, 0.25) is 0 Å². The summed E-state index contributed by atoms with van der Waals surface area (Å²) in [7, 11) is 1.76. The number of carbonyl (C=O) groups is 1. The molecule has 1 atom stereocenters. The monoisotopic (exact) mass is 613 g/mol. The number of likely N-dealkylation sites (N-methyl/N-ethyl adjacent to an activating group) is 1. The van der Waals surface area contributed by atoms with Gasteiger partial charge in [-0.05, 0) is 77.2 Å². The van der Waals surface area contributed by atoms with Gasteiger partial charge in [0.25, 0.3) is 11.8 Å². The van der Waals surface area contributed by atoms with E-state index in [4.69, 9.17) is 9.47 Å². The van der Waals surface area contributed by atoms with E-state index >= 15 is 0 Å². The summed E-state index contributed by atoms with van der Waals surface area (Å²) in [5.41, 5.74) is 0.365. The Morgan fingerprint density at radius 2 is 1.89 bits per heavy atom. The maximum Gasteiger partial charge on any atom is 0.282 e. The summed E-state index contributed by atoms with van der Waals surface area (Å²) in [4.78, 5) is 26.9. The van der Waals surface area contributed by atoms with Crippen LogP contribution < -0.4 is 9.64 Å². The molecule has 2 aliphatic rings. The number of likely N-dealkylation sites (tertiary alicyclic amines) is 1. The molecule has 0 aliphatic carbocycles. The molecule has 2 saturated heterocycles. The molecular weight excluding hydrogens is 561 g/mol. The number of carbonyl (C=O) groups excluding carboxylic acids is 1. The summed E-state index contributed by atoms with van der Waals surface area (Å²) in [6.07, 6.45) is 4.87. The second kappa shape index (κ2) is 15.4. The first-order chi connectivity index (χ1) is 21.1. The maximum absolute atomic E-state index is 14.3. The Morgan fingerprint density at radius 1 is 1.11 bits per heavy atom. The van der Waals surface area contributed by atoms with E-state index in [0.717, 1.165) is 58.8 Å². The smallest absolute Gasteiger partial charge is 0.282 e. The number of nitrogens with zero attached hydrogens (tertiary/aromatic N) is 7. The van der Waals surface area contributed by atoms with Crippen molar-refractivity contribution in [2.24, 2.45) is 11.3 Å². The van der Waals surface area contributed by atoms with Crippen molar-refractivity contribution in [2.45, 2.75) is 72.9 Å². The minimum absolute atomic E-state index is 0.0394. The molecule has 2 fully saturated rings. The topological polar surface area (TPSA) is 87.2 Å². The van der Waals surface area contributed by atoms with Gasteiger partial charge in [0.05, 0.1) is 12.2 Å². The van der Waals surface area contributed by atoms with Crippen molar-refractivity contribution in [1.82, 2.24) is 29.9 Å². The highest BCUT2D eigenvalue weighted by Gasteiger charge is 2.50. The Bertz CT molecular complexity index is 1220. The number of halogens is 1. The van der Waals surface area contributed by atoms with Gasteiger partial charge in [-0.1, -0.05) is 20.8 Å². The number of rotatable bonds is 16. The summed E-state index contributed by atoms with van der Waals surface area (Å²) >= 11 is 0. The molecule has 0 radical (unpaired) electrons. The molecule has 0 saturated carbocycles. The average molecular weight is 614 g/mol. The molecular formula is C33H52FN7O3. The summed E-state index contributed by atoms with van der Waals surface area (Å²) < 4.78 is 25.8. The van der Waals surface area contributed by atoms with Crippen molar-refractivity contribution in [2.75, 3.05) is 71.0 Å². The van der Waals surface area contributed by atoms with Gasteiger partial charge in [0.15, 0.2) is 5.82 Å². The number of hydrogen-bond donors (Lipinski definition) is 0. The number of ether oxygens (including phenoxy) is 2. The second-order valence-electron chi connectivity index (χ2n) is 13.0. The molecule has 1 spiro atoms. The number of hydrogen-bond acceptors (Lipinski definition) is 9. The van der Waals surface area contributed by atoms with Crippen molar-refractivity contribution >= 4 is 11.7 Å². The molecule has 0 N–H and O–H groups in total. The van der Waals surface area contributed by atoms with Crippen molar-refractivity contribution in [3.63, 3.8) is 0 Å². The van der Waals surface area contributed by atoms with Crippen LogP contribution in [0.1, 0.15) is 71.2 Å². The van der Waals surface area contributed by atoms with E-state index < -0.39 is 5.82 Å². The van der Waals surface area contributed by atoms with Gasteiger partial charge < -0.3 is 24.2 Å². The first-order valence-electron chi connectivity index (χ1n) is 16.3. The number of anilines is 1. The SMILES string of the molecule is CCN(CCC[C@H](C(C)C)N1CC2(CCN(c3ncnnc3Oc3ccc(F)cc3C(=O)N(CC)C(C)C)C2)C1)CCOC. The Labute approximate surface area is 262 Å². The lowest BCUT2D eigenvalue weighted by Gasteiger charge is -2.53. The van der Waals surface area contributed by atoms with Crippen LogP contribution in [0.2, 0.25) is 0 Å². The zero-order valence-electron chi connectivity index (χ0n) is 27.8. The van der Waals surface area contributed by atoms with Crippen LogP contribution in [0.4, 0.5) is 10.2 Å². The molecule has 1 aromatic carbocycles. The Balaban J connectivity index is 1.41. The zero-order chi connectivity index (χ0) is 31.9. The van der Waals surface area contributed by atoms with Crippen molar-refractivity contribution < 1.29 is 18.7 Å². The predicted molar refractivity (Wildman–Crippen MR) is 171 cm³/mol.